The van der Waals surface area contributed by atoms with E-state index in [0.717, 1.165) is 6.07 Å². The van der Waals surface area contributed by atoms with Crippen molar-refractivity contribution in [2.45, 2.75) is 6.92 Å². The molecule has 0 saturated carbocycles. The van der Waals surface area contributed by atoms with E-state index < -0.39 is 20.5 Å². The van der Waals surface area contributed by atoms with Crippen LogP contribution in [0.3, 0.4) is 0 Å². The second-order valence-electron chi connectivity index (χ2n) is 6.37. The van der Waals surface area contributed by atoms with Crippen LogP contribution in [0.25, 0.3) is 22.3 Å². The van der Waals surface area contributed by atoms with Crippen LogP contribution in [0.5, 0.6) is 0 Å². The van der Waals surface area contributed by atoms with Crippen LogP contribution in [-0.4, -0.2) is 14.8 Å². The number of aryl methyl sites for hydroxylation is 1. The maximum absolute atomic E-state index is 12.0. The molecule has 3 rings (SSSR count). The van der Waals surface area contributed by atoms with Crippen molar-refractivity contribution in [2.24, 2.45) is 0 Å². The van der Waals surface area contributed by atoms with Gasteiger partial charge < -0.3 is 0 Å². The Morgan fingerprint density at radius 1 is 0.677 bits per heavy atom. The molecule has 0 fully saturated rings. The van der Waals surface area contributed by atoms with Crippen molar-refractivity contribution in [3.8, 4) is 22.3 Å². The summed E-state index contributed by atoms with van der Waals surface area (Å²) < 4.78 is 0. The molecule has 31 heavy (non-hydrogen) atoms. The summed E-state index contributed by atoms with van der Waals surface area (Å²) in [7, 11) is 0. The second kappa shape index (κ2) is 8.46. The molecule has 0 atom stereocenters. The Kier molecular flexibility index (Phi) is 6.12. The molecule has 0 aromatic heterocycles. The number of hydrogen-bond acceptors (Lipinski definition) is 6. The van der Waals surface area contributed by atoms with Crippen LogP contribution < -0.4 is 0 Å². The maximum atomic E-state index is 12.0. The molecule has 0 aliphatic rings. The van der Waals surface area contributed by atoms with E-state index in [4.69, 9.17) is 34.8 Å². The third kappa shape index (κ3) is 4.15. The largest absolute Gasteiger partial charge is 0.288 e. The third-order valence-corrected chi connectivity index (χ3v) is 5.44. The summed E-state index contributed by atoms with van der Waals surface area (Å²) in [6.45, 7) is 1.55. The van der Waals surface area contributed by atoms with Crippen molar-refractivity contribution in [2.75, 3.05) is 0 Å². The Morgan fingerprint density at radius 3 is 1.84 bits per heavy atom. The van der Waals surface area contributed by atoms with Gasteiger partial charge >= 0.3 is 0 Å². The van der Waals surface area contributed by atoms with E-state index in [-0.39, 0.29) is 43.1 Å². The van der Waals surface area contributed by atoms with Crippen LogP contribution in [0.1, 0.15) is 5.56 Å². The number of nitro groups is 3. The van der Waals surface area contributed by atoms with Crippen molar-refractivity contribution < 1.29 is 14.8 Å². The highest BCUT2D eigenvalue weighted by Crippen LogP contribution is 2.46. The summed E-state index contributed by atoms with van der Waals surface area (Å²) in [4.78, 5) is 32.2. The topological polar surface area (TPSA) is 129 Å². The first-order valence-electron chi connectivity index (χ1n) is 8.39. The average Bonchev–Trinajstić information content (AvgIpc) is 2.68. The molecule has 0 amide bonds. The Labute approximate surface area is 189 Å². The number of halogens is 3. The standard InChI is InChI=1S/C19H10Cl3N3O6/c1-9-6-17(24(28)29)15(22)8-12(9)11-3-4-13(20)18(19(11)25(30)31)10-2-5-16(23(26)27)14(21)7-10/h2-8H,1H3. The minimum absolute atomic E-state index is 0.00478. The molecule has 3 aromatic carbocycles. The van der Waals surface area contributed by atoms with E-state index in [0.29, 0.717) is 11.1 Å². The van der Waals surface area contributed by atoms with Gasteiger partial charge in [0, 0.05) is 12.1 Å². The van der Waals surface area contributed by atoms with Crippen LogP contribution in [-0.2, 0) is 0 Å². The van der Waals surface area contributed by atoms with Crippen LogP contribution in [0.4, 0.5) is 17.1 Å². The summed E-state index contributed by atoms with van der Waals surface area (Å²) in [5, 5.41) is 33.8. The van der Waals surface area contributed by atoms with Crippen LogP contribution >= 0.6 is 34.8 Å². The number of nitrogens with zero attached hydrogens (tertiary/aromatic N) is 3. The summed E-state index contributed by atoms with van der Waals surface area (Å²) in [5.74, 6) is 0. The van der Waals surface area contributed by atoms with E-state index in [9.17, 15) is 30.3 Å². The maximum Gasteiger partial charge on any atom is 0.288 e. The van der Waals surface area contributed by atoms with E-state index in [2.05, 4.69) is 0 Å². The lowest BCUT2D eigenvalue weighted by Crippen LogP contribution is -1.99. The molecule has 0 radical (unpaired) electrons. The number of hydrogen-bond donors (Lipinski definition) is 0. The lowest BCUT2D eigenvalue weighted by molar-refractivity contribution is -0.384. The molecular weight excluding hydrogens is 473 g/mol. The normalized spacial score (nSPS) is 10.7. The fraction of sp³-hybridized carbons (Fsp3) is 0.0526. The average molecular weight is 483 g/mol. The summed E-state index contributed by atoms with van der Waals surface area (Å²) in [6, 6.07) is 8.96. The predicted octanol–water partition coefficient (Wildman–Crippen LogP) is 7.01. The predicted molar refractivity (Wildman–Crippen MR) is 117 cm³/mol. The van der Waals surface area contributed by atoms with Gasteiger partial charge in [0.05, 0.1) is 30.9 Å². The zero-order valence-corrected chi connectivity index (χ0v) is 17.7. The van der Waals surface area contributed by atoms with Gasteiger partial charge in [-0.15, -0.1) is 0 Å². The highest BCUT2D eigenvalue weighted by molar-refractivity contribution is 6.35. The zero-order valence-electron chi connectivity index (χ0n) is 15.5. The molecule has 0 aliphatic carbocycles. The smallest absolute Gasteiger partial charge is 0.258 e. The Balaban J connectivity index is 2.33. The first-order valence-corrected chi connectivity index (χ1v) is 9.52. The molecule has 3 aromatic rings. The van der Waals surface area contributed by atoms with Crippen LogP contribution in [0.2, 0.25) is 15.1 Å². The van der Waals surface area contributed by atoms with Crippen molar-refractivity contribution in [3.05, 3.63) is 93.4 Å². The van der Waals surface area contributed by atoms with Crippen molar-refractivity contribution in [1.29, 1.82) is 0 Å². The van der Waals surface area contributed by atoms with Gasteiger partial charge in [-0.25, -0.2) is 0 Å². The second-order valence-corrected chi connectivity index (χ2v) is 7.60. The lowest BCUT2D eigenvalue weighted by Gasteiger charge is -2.13. The highest BCUT2D eigenvalue weighted by atomic mass is 35.5. The first kappa shape index (κ1) is 22.4. The zero-order chi connectivity index (χ0) is 23.0. The fourth-order valence-electron chi connectivity index (χ4n) is 3.15. The summed E-state index contributed by atoms with van der Waals surface area (Å²) >= 11 is 18.3. The van der Waals surface area contributed by atoms with Gasteiger partial charge in [-0.3, -0.25) is 30.3 Å². The van der Waals surface area contributed by atoms with E-state index in [1.54, 1.807) is 6.92 Å². The molecule has 158 valence electrons. The molecule has 12 heteroatoms. The molecule has 0 aliphatic heterocycles. The van der Waals surface area contributed by atoms with E-state index in [1.165, 1.54) is 36.4 Å². The molecule has 0 bridgehead atoms. The SMILES string of the molecule is Cc1cc([N+](=O)[O-])c(Cl)cc1-c1ccc(Cl)c(-c2ccc([N+](=O)[O-])c(Cl)c2)c1[N+](=O)[O-]. The third-order valence-electron chi connectivity index (χ3n) is 4.52. The minimum Gasteiger partial charge on any atom is -0.258 e. The quantitative estimate of drug-likeness (QED) is 0.284. The molecule has 0 N–H and O–H groups in total. The van der Waals surface area contributed by atoms with E-state index >= 15 is 0 Å². The monoisotopic (exact) mass is 481 g/mol. The number of nitro benzene ring substituents is 3. The Morgan fingerprint density at radius 2 is 1.29 bits per heavy atom. The molecule has 9 nitrogen and oxygen atoms in total. The Hall–Kier alpha value is -3.27. The number of benzene rings is 3. The molecule has 0 unspecified atom stereocenters. The minimum atomic E-state index is -0.680. The van der Waals surface area contributed by atoms with Gasteiger partial charge in [0.25, 0.3) is 17.1 Å². The Bertz CT molecular complexity index is 1280. The van der Waals surface area contributed by atoms with Crippen LogP contribution in [0.15, 0.2) is 42.5 Å². The lowest BCUT2D eigenvalue weighted by atomic mass is 9.93. The van der Waals surface area contributed by atoms with E-state index in [1.807, 2.05) is 0 Å². The first-order chi connectivity index (χ1) is 14.5. The molecular formula is C19H10Cl3N3O6. The van der Waals surface area contributed by atoms with Crippen molar-refractivity contribution in [3.63, 3.8) is 0 Å². The van der Waals surface area contributed by atoms with Gasteiger partial charge in [0.2, 0.25) is 0 Å². The molecule has 0 heterocycles. The highest BCUT2D eigenvalue weighted by Gasteiger charge is 2.28. The van der Waals surface area contributed by atoms with Gasteiger partial charge in [0.15, 0.2) is 0 Å². The van der Waals surface area contributed by atoms with Gasteiger partial charge in [-0.2, -0.15) is 0 Å². The van der Waals surface area contributed by atoms with Crippen LogP contribution in [0, 0.1) is 37.3 Å². The van der Waals surface area contributed by atoms with Crippen molar-refractivity contribution >= 4 is 51.9 Å². The van der Waals surface area contributed by atoms with Gasteiger partial charge in [-0.05, 0) is 53.9 Å². The summed E-state index contributed by atoms with van der Waals surface area (Å²) in [6.07, 6.45) is 0. The fourth-order valence-corrected chi connectivity index (χ4v) is 3.90. The summed E-state index contributed by atoms with van der Waals surface area (Å²) in [5.41, 5.74) is -0.101. The van der Waals surface area contributed by atoms with Gasteiger partial charge in [0.1, 0.15) is 10.0 Å². The number of rotatable bonds is 5. The molecule has 0 saturated heterocycles. The molecule has 0 spiro atoms. The van der Waals surface area contributed by atoms with Gasteiger partial charge in [-0.1, -0.05) is 34.8 Å². The van der Waals surface area contributed by atoms with Crippen molar-refractivity contribution in [1.82, 2.24) is 0 Å².